The maximum atomic E-state index is 12.0. The molecule has 0 amide bonds. The maximum absolute atomic E-state index is 12.0. The highest BCUT2D eigenvalue weighted by molar-refractivity contribution is 7.86. The Labute approximate surface area is 142 Å². The van der Waals surface area contributed by atoms with Gasteiger partial charge in [0.05, 0.1) is 21.1 Å². The first kappa shape index (κ1) is 17.5. The predicted octanol–water partition coefficient (Wildman–Crippen LogP) is 1.86. The zero-order chi connectivity index (χ0) is 17.2. The van der Waals surface area contributed by atoms with Gasteiger partial charge in [-0.2, -0.15) is 28.5 Å². The van der Waals surface area contributed by atoms with Crippen molar-refractivity contribution in [1.29, 1.82) is 5.26 Å². The third kappa shape index (κ3) is 3.41. The van der Waals surface area contributed by atoms with E-state index in [0.29, 0.717) is 6.54 Å². The Morgan fingerprint density at radius 1 is 1.43 bits per heavy atom. The molecule has 2 aromatic rings. The number of nitrogens with zero attached hydrogens (tertiary/aromatic N) is 3. The standard InChI is InChI=1S/C12H11Cl2N5O3S/c1-2-18-22-23(20,21)8-3-9(13)11(10(14)4-8)19-12(16)7(5-15)6-17-19/h3-4,6,18H,2,16H2,1H3. The summed E-state index contributed by atoms with van der Waals surface area (Å²) in [5, 5.41) is 12.8. The van der Waals surface area contributed by atoms with Gasteiger partial charge < -0.3 is 5.73 Å². The fraction of sp³-hybridized carbons (Fsp3) is 0.167. The molecule has 0 saturated heterocycles. The van der Waals surface area contributed by atoms with Gasteiger partial charge in [-0.05, 0) is 12.1 Å². The Hall–Kier alpha value is -1.83. The number of aromatic nitrogens is 2. The van der Waals surface area contributed by atoms with E-state index in [9.17, 15) is 8.42 Å². The van der Waals surface area contributed by atoms with Gasteiger partial charge >= 0.3 is 10.1 Å². The molecule has 0 fully saturated rings. The van der Waals surface area contributed by atoms with Crippen LogP contribution in [-0.4, -0.2) is 24.7 Å². The number of hydroxylamine groups is 1. The second-order valence-corrected chi connectivity index (χ2v) is 6.60. The zero-order valence-electron chi connectivity index (χ0n) is 11.7. The van der Waals surface area contributed by atoms with Crippen LogP contribution in [0.2, 0.25) is 10.0 Å². The van der Waals surface area contributed by atoms with Gasteiger partial charge in [0, 0.05) is 6.54 Å². The molecule has 0 aliphatic carbocycles. The molecule has 0 saturated carbocycles. The molecule has 11 heteroatoms. The molecule has 0 radical (unpaired) electrons. The minimum absolute atomic E-state index is 0.0181. The number of nitriles is 1. The lowest BCUT2D eigenvalue weighted by Gasteiger charge is -2.11. The molecule has 0 bridgehead atoms. The van der Waals surface area contributed by atoms with E-state index in [1.54, 1.807) is 6.92 Å². The second kappa shape index (κ2) is 6.74. The van der Waals surface area contributed by atoms with Crippen molar-refractivity contribution in [2.24, 2.45) is 0 Å². The summed E-state index contributed by atoms with van der Waals surface area (Å²) in [4.78, 5) is -0.233. The normalized spacial score (nSPS) is 11.4. The van der Waals surface area contributed by atoms with Gasteiger partial charge in [0.2, 0.25) is 0 Å². The molecular formula is C12H11Cl2N5O3S. The van der Waals surface area contributed by atoms with Crippen LogP contribution >= 0.6 is 23.2 Å². The summed E-state index contributed by atoms with van der Waals surface area (Å²) >= 11 is 12.2. The van der Waals surface area contributed by atoms with Gasteiger partial charge in [-0.1, -0.05) is 30.1 Å². The van der Waals surface area contributed by atoms with Crippen molar-refractivity contribution in [3.8, 4) is 11.8 Å². The monoisotopic (exact) mass is 375 g/mol. The SMILES string of the molecule is CCNOS(=O)(=O)c1cc(Cl)c(-n2ncc(C#N)c2N)c(Cl)c1. The van der Waals surface area contributed by atoms with Crippen molar-refractivity contribution in [3.05, 3.63) is 33.9 Å². The topological polar surface area (TPSA) is 123 Å². The van der Waals surface area contributed by atoms with Gasteiger partial charge in [0.15, 0.2) is 0 Å². The molecule has 0 atom stereocenters. The molecule has 8 nitrogen and oxygen atoms in total. The molecule has 1 heterocycles. The smallest absolute Gasteiger partial charge is 0.312 e. The van der Waals surface area contributed by atoms with Crippen molar-refractivity contribution < 1.29 is 12.7 Å². The molecule has 0 unspecified atom stereocenters. The summed E-state index contributed by atoms with van der Waals surface area (Å²) in [6, 6.07) is 4.18. The average molecular weight is 376 g/mol. The summed E-state index contributed by atoms with van der Waals surface area (Å²) in [6.07, 6.45) is 1.25. The predicted molar refractivity (Wildman–Crippen MR) is 84.7 cm³/mol. The van der Waals surface area contributed by atoms with Crippen LogP contribution in [0.5, 0.6) is 0 Å². The van der Waals surface area contributed by atoms with E-state index in [0.717, 1.165) is 16.8 Å². The van der Waals surface area contributed by atoms with Crippen LogP contribution in [0.4, 0.5) is 5.82 Å². The van der Waals surface area contributed by atoms with Crippen molar-refractivity contribution in [2.45, 2.75) is 11.8 Å². The molecule has 3 N–H and O–H groups in total. The highest BCUT2D eigenvalue weighted by Gasteiger charge is 2.22. The number of hydrogen-bond acceptors (Lipinski definition) is 7. The lowest BCUT2D eigenvalue weighted by atomic mass is 10.3. The lowest BCUT2D eigenvalue weighted by molar-refractivity contribution is 0.210. The number of anilines is 1. The van der Waals surface area contributed by atoms with Crippen LogP contribution < -0.4 is 11.2 Å². The summed E-state index contributed by atoms with van der Waals surface area (Å²) in [7, 11) is -4.07. The van der Waals surface area contributed by atoms with E-state index < -0.39 is 10.1 Å². The number of hydrogen-bond donors (Lipinski definition) is 2. The third-order valence-electron chi connectivity index (χ3n) is 2.73. The molecule has 122 valence electrons. The highest BCUT2D eigenvalue weighted by atomic mass is 35.5. The highest BCUT2D eigenvalue weighted by Crippen LogP contribution is 2.33. The van der Waals surface area contributed by atoms with Crippen molar-refractivity contribution in [3.63, 3.8) is 0 Å². The minimum atomic E-state index is -4.07. The number of nitrogens with two attached hydrogens (primary N) is 1. The average Bonchev–Trinajstić information content (AvgIpc) is 2.85. The summed E-state index contributed by atoms with van der Waals surface area (Å²) in [6.45, 7) is 1.96. The van der Waals surface area contributed by atoms with Gasteiger partial charge in [0.1, 0.15) is 23.1 Å². The Bertz CT molecular complexity index is 866. The Kier molecular flexibility index (Phi) is 5.13. The second-order valence-electron chi connectivity index (χ2n) is 4.24. The first-order valence-corrected chi connectivity index (χ1v) is 8.37. The number of rotatable bonds is 5. The minimum Gasteiger partial charge on any atom is -0.382 e. The zero-order valence-corrected chi connectivity index (χ0v) is 14.1. The molecular weight excluding hydrogens is 365 g/mol. The van der Waals surface area contributed by atoms with Crippen LogP contribution in [0.3, 0.4) is 0 Å². The molecule has 1 aromatic heterocycles. The van der Waals surface area contributed by atoms with Crippen LogP contribution in [0.25, 0.3) is 5.69 Å². The Morgan fingerprint density at radius 3 is 2.52 bits per heavy atom. The van der Waals surface area contributed by atoms with E-state index in [4.69, 9.17) is 34.2 Å². The number of nitrogens with one attached hydrogen (secondary N) is 1. The molecule has 0 aliphatic rings. The van der Waals surface area contributed by atoms with Crippen molar-refractivity contribution in [2.75, 3.05) is 12.3 Å². The van der Waals surface area contributed by atoms with E-state index in [2.05, 4.69) is 14.9 Å². The molecule has 0 spiro atoms. The fourth-order valence-electron chi connectivity index (χ4n) is 1.70. The number of halogens is 2. The first-order valence-electron chi connectivity index (χ1n) is 6.21. The van der Waals surface area contributed by atoms with Crippen molar-refractivity contribution >= 4 is 39.1 Å². The van der Waals surface area contributed by atoms with Crippen LogP contribution in [0.1, 0.15) is 12.5 Å². The van der Waals surface area contributed by atoms with E-state index >= 15 is 0 Å². The van der Waals surface area contributed by atoms with E-state index in [1.807, 2.05) is 6.07 Å². The third-order valence-corrected chi connectivity index (χ3v) is 4.46. The Balaban J connectivity index is 2.54. The van der Waals surface area contributed by atoms with Gasteiger partial charge in [-0.25, -0.2) is 4.68 Å². The largest absolute Gasteiger partial charge is 0.382 e. The van der Waals surface area contributed by atoms with Gasteiger partial charge in [-0.15, -0.1) is 0 Å². The quantitative estimate of drug-likeness (QED) is 0.764. The van der Waals surface area contributed by atoms with Crippen molar-refractivity contribution in [1.82, 2.24) is 15.3 Å². The fourth-order valence-corrected chi connectivity index (χ4v) is 3.37. The van der Waals surface area contributed by atoms with E-state index in [-0.39, 0.29) is 32.0 Å². The molecule has 23 heavy (non-hydrogen) atoms. The molecule has 1 aromatic carbocycles. The first-order chi connectivity index (χ1) is 10.8. The van der Waals surface area contributed by atoms with Gasteiger partial charge in [0.25, 0.3) is 0 Å². The van der Waals surface area contributed by atoms with E-state index in [1.165, 1.54) is 6.20 Å². The molecule has 0 aliphatic heterocycles. The lowest BCUT2D eigenvalue weighted by Crippen LogP contribution is -2.20. The summed E-state index contributed by atoms with van der Waals surface area (Å²) in [5.74, 6) is 0.0378. The van der Waals surface area contributed by atoms with Crippen LogP contribution in [-0.2, 0) is 14.4 Å². The number of benzene rings is 1. The maximum Gasteiger partial charge on any atom is 0.312 e. The molecule has 2 rings (SSSR count). The van der Waals surface area contributed by atoms with Crippen LogP contribution in [0.15, 0.2) is 23.2 Å². The van der Waals surface area contributed by atoms with Crippen LogP contribution in [0, 0.1) is 11.3 Å². The summed E-state index contributed by atoms with van der Waals surface area (Å²) in [5.41, 5.74) is 8.33. The summed E-state index contributed by atoms with van der Waals surface area (Å²) < 4.78 is 29.7. The number of nitrogen functional groups attached to an aromatic ring is 1. The Morgan fingerprint density at radius 2 is 2.04 bits per heavy atom. The van der Waals surface area contributed by atoms with Gasteiger partial charge in [-0.3, -0.25) is 0 Å².